The van der Waals surface area contributed by atoms with E-state index in [1.807, 2.05) is 25.7 Å². The fourth-order valence-electron chi connectivity index (χ4n) is 2.78. The molecule has 1 fully saturated rings. The average Bonchev–Trinajstić information content (AvgIpc) is 2.71. The van der Waals surface area contributed by atoms with Crippen LogP contribution in [0.3, 0.4) is 0 Å². The SMILES string of the molecule is CC(C)(C)C(=O)N1CCCN(C(=O)Cc2cccc(F)c2)CC1. The zero-order valence-electron chi connectivity index (χ0n) is 14.1. The molecule has 0 radical (unpaired) electrons. The number of benzene rings is 1. The normalized spacial score (nSPS) is 16.2. The van der Waals surface area contributed by atoms with E-state index in [9.17, 15) is 14.0 Å². The number of hydrogen-bond donors (Lipinski definition) is 0. The van der Waals surface area contributed by atoms with Crippen LogP contribution in [0.1, 0.15) is 32.8 Å². The predicted octanol–water partition coefficient (Wildman–Crippen LogP) is 2.48. The predicted molar refractivity (Wildman–Crippen MR) is 87.3 cm³/mol. The highest BCUT2D eigenvalue weighted by Crippen LogP contribution is 2.19. The first kappa shape index (κ1) is 17.4. The van der Waals surface area contributed by atoms with E-state index in [2.05, 4.69) is 0 Å². The molecule has 0 aliphatic carbocycles. The van der Waals surface area contributed by atoms with Crippen LogP contribution in [0.15, 0.2) is 24.3 Å². The summed E-state index contributed by atoms with van der Waals surface area (Å²) in [4.78, 5) is 28.4. The molecule has 4 nitrogen and oxygen atoms in total. The third-order valence-electron chi connectivity index (χ3n) is 4.02. The van der Waals surface area contributed by atoms with Gasteiger partial charge in [-0.25, -0.2) is 4.39 Å². The lowest BCUT2D eigenvalue weighted by Crippen LogP contribution is -2.42. The molecule has 0 atom stereocenters. The van der Waals surface area contributed by atoms with Crippen molar-refractivity contribution in [2.24, 2.45) is 5.41 Å². The van der Waals surface area contributed by atoms with E-state index in [-0.39, 0.29) is 24.1 Å². The maximum Gasteiger partial charge on any atom is 0.228 e. The highest BCUT2D eigenvalue weighted by atomic mass is 19.1. The molecular formula is C18H25FN2O2. The van der Waals surface area contributed by atoms with Crippen LogP contribution >= 0.6 is 0 Å². The van der Waals surface area contributed by atoms with Gasteiger partial charge in [-0.2, -0.15) is 0 Å². The van der Waals surface area contributed by atoms with E-state index < -0.39 is 5.41 Å². The Morgan fingerprint density at radius 2 is 1.74 bits per heavy atom. The molecular weight excluding hydrogens is 295 g/mol. The van der Waals surface area contributed by atoms with Crippen molar-refractivity contribution in [3.05, 3.63) is 35.6 Å². The van der Waals surface area contributed by atoms with Crippen LogP contribution in [-0.4, -0.2) is 47.8 Å². The van der Waals surface area contributed by atoms with Gasteiger partial charge < -0.3 is 9.80 Å². The summed E-state index contributed by atoms with van der Waals surface area (Å²) in [5, 5.41) is 0. The minimum atomic E-state index is -0.402. The van der Waals surface area contributed by atoms with Crippen LogP contribution in [0.4, 0.5) is 4.39 Å². The summed E-state index contributed by atoms with van der Waals surface area (Å²) in [5.41, 5.74) is 0.280. The molecule has 0 N–H and O–H groups in total. The smallest absolute Gasteiger partial charge is 0.228 e. The van der Waals surface area contributed by atoms with Gasteiger partial charge in [-0.05, 0) is 24.1 Å². The van der Waals surface area contributed by atoms with Gasteiger partial charge in [0.15, 0.2) is 0 Å². The van der Waals surface area contributed by atoms with Gasteiger partial charge in [0.05, 0.1) is 6.42 Å². The third-order valence-corrected chi connectivity index (χ3v) is 4.02. The number of hydrogen-bond acceptors (Lipinski definition) is 2. The molecule has 0 unspecified atom stereocenters. The van der Waals surface area contributed by atoms with Gasteiger partial charge in [0, 0.05) is 31.6 Å². The minimum absolute atomic E-state index is 0.0133. The van der Waals surface area contributed by atoms with Crippen molar-refractivity contribution in [2.75, 3.05) is 26.2 Å². The Hall–Kier alpha value is -1.91. The fourth-order valence-corrected chi connectivity index (χ4v) is 2.78. The Labute approximate surface area is 137 Å². The Morgan fingerprint density at radius 3 is 2.39 bits per heavy atom. The lowest BCUT2D eigenvalue weighted by Gasteiger charge is -2.28. The monoisotopic (exact) mass is 320 g/mol. The summed E-state index contributed by atoms with van der Waals surface area (Å²) >= 11 is 0. The van der Waals surface area contributed by atoms with Crippen molar-refractivity contribution in [3.8, 4) is 0 Å². The lowest BCUT2D eigenvalue weighted by molar-refractivity contribution is -0.139. The number of carbonyl (C=O) groups excluding carboxylic acids is 2. The largest absolute Gasteiger partial charge is 0.341 e. The Bertz CT molecular complexity index is 581. The maximum atomic E-state index is 13.2. The van der Waals surface area contributed by atoms with E-state index in [0.717, 1.165) is 6.42 Å². The first-order chi connectivity index (χ1) is 10.8. The molecule has 1 aliphatic rings. The maximum absolute atomic E-state index is 13.2. The second kappa shape index (κ2) is 7.11. The summed E-state index contributed by atoms with van der Waals surface area (Å²) in [7, 11) is 0. The summed E-state index contributed by atoms with van der Waals surface area (Å²) in [6, 6.07) is 6.14. The number of halogens is 1. The van der Waals surface area contributed by atoms with Crippen LogP contribution in [0, 0.1) is 11.2 Å². The molecule has 1 aromatic carbocycles. The van der Waals surface area contributed by atoms with Crippen molar-refractivity contribution in [1.29, 1.82) is 0 Å². The topological polar surface area (TPSA) is 40.6 Å². The van der Waals surface area contributed by atoms with Gasteiger partial charge in [-0.1, -0.05) is 32.9 Å². The van der Waals surface area contributed by atoms with Crippen LogP contribution in [0.2, 0.25) is 0 Å². The number of nitrogens with zero attached hydrogens (tertiary/aromatic N) is 2. The molecule has 0 saturated carbocycles. The highest BCUT2D eigenvalue weighted by molar-refractivity contribution is 5.82. The van der Waals surface area contributed by atoms with E-state index >= 15 is 0 Å². The average molecular weight is 320 g/mol. The second-order valence-corrected chi connectivity index (χ2v) is 7.08. The van der Waals surface area contributed by atoms with Crippen molar-refractivity contribution in [2.45, 2.75) is 33.6 Å². The molecule has 0 spiro atoms. The number of carbonyl (C=O) groups is 2. The van der Waals surface area contributed by atoms with Gasteiger partial charge in [0.2, 0.25) is 11.8 Å². The molecule has 126 valence electrons. The van der Waals surface area contributed by atoms with E-state index in [1.165, 1.54) is 12.1 Å². The summed E-state index contributed by atoms with van der Waals surface area (Å²) in [6.07, 6.45) is 0.974. The molecule has 5 heteroatoms. The molecule has 1 aromatic rings. The van der Waals surface area contributed by atoms with Crippen molar-refractivity contribution in [3.63, 3.8) is 0 Å². The quantitative estimate of drug-likeness (QED) is 0.840. The number of rotatable bonds is 2. The molecule has 0 aromatic heterocycles. The highest BCUT2D eigenvalue weighted by Gasteiger charge is 2.29. The molecule has 2 rings (SSSR count). The minimum Gasteiger partial charge on any atom is -0.341 e. The third kappa shape index (κ3) is 4.78. The van der Waals surface area contributed by atoms with E-state index in [0.29, 0.717) is 31.7 Å². The van der Waals surface area contributed by atoms with Crippen molar-refractivity contribution >= 4 is 11.8 Å². The standard InChI is InChI=1S/C18H25FN2O2/c1-18(2,3)17(23)21-9-5-8-20(10-11-21)16(22)13-14-6-4-7-15(19)12-14/h4,6-7,12H,5,8-11,13H2,1-3H3. The zero-order valence-corrected chi connectivity index (χ0v) is 14.1. The van der Waals surface area contributed by atoms with Crippen molar-refractivity contribution < 1.29 is 14.0 Å². The lowest BCUT2D eigenvalue weighted by atomic mass is 9.94. The summed E-state index contributed by atoms with van der Waals surface area (Å²) < 4.78 is 13.2. The van der Waals surface area contributed by atoms with Gasteiger partial charge in [-0.15, -0.1) is 0 Å². The zero-order chi connectivity index (χ0) is 17.0. The first-order valence-corrected chi connectivity index (χ1v) is 8.09. The van der Waals surface area contributed by atoms with Gasteiger partial charge >= 0.3 is 0 Å². The molecule has 1 saturated heterocycles. The number of amides is 2. The molecule has 1 heterocycles. The molecule has 1 aliphatic heterocycles. The van der Waals surface area contributed by atoms with Gasteiger partial charge in [-0.3, -0.25) is 9.59 Å². The van der Waals surface area contributed by atoms with Crippen LogP contribution in [-0.2, 0) is 16.0 Å². The fraction of sp³-hybridized carbons (Fsp3) is 0.556. The second-order valence-electron chi connectivity index (χ2n) is 7.08. The Morgan fingerprint density at radius 1 is 1.09 bits per heavy atom. The summed E-state index contributed by atoms with van der Waals surface area (Å²) in [5.74, 6) is -0.217. The van der Waals surface area contributed by atoms with Gasteiger partial charge in [0.25, 0.3) is 0 Å². The van der Waals surface area contributed by atoms with E-state index in [4.69, 9.17) is 0 Å². The molecule has 0 bridgehead atoms. The van der Waals surface area contributed by atoms with Crippen LogP contribution in [0.25, 0.3) is 0 Å². The van der Waals surface area contributed by atoms with Crippen LogP contribution in [0.5, 0.6) is 0 Å². The van der Waals surface area contributed by atoms with E-state index in [1.54, 1.807) is 17.0 Å². The Kier molecular flexibility index (Phi) is 5.39. The first-order valence-electron chi connectivity index (χ1n) is 8.09. The van der Waals surface area contributed by atoms with Crippen molar-refractivity contribution in [1.82, 2.24) is 9.80 Å². The summed E-state index contributed by atoms with van der Waals surface area (Å²) in [6.45, 7) is 8.15. The van der Waals surface area contributed by atoms with Crippen LogP contribution < -0.4 is 0 Å². The molecule has 23 heavy (non-hydrogen) atoms. The Balaban J connectivity index is 1.95. The van der Waals surface area contributed by atoms with Gasteiger partial charge in [0.1, 0.15) is 5.82 Å². The molecule has 2 amide bonds.